The van der Waals surface area contributed by atoms with E-state index in [1.807, 2.05) is 12.1 Å². The molecule has 0 saturated heterocycles. The van der Waals surface area contributed by atoms with Crippen molar-refractivity contribution >= 4 is 34.1 Å². The Kier molecular flexibility index (Phi) is 5.65. The highest BCUT2D eigenvalue weighted by Gasteiger charge is 2.11. The van der Waals surface area contributed by atoms with Gasteiger partial charge in [0.1, 0.15) is 12.4 Å². The van der Waals surface area contributed by atoms with Crippen LogP contribution in [0.15, 0.2) is 60.7 Å². The Morgan fingerprint density at radius 2 is 1.79 bits per heavy atom. The van der Waals surface area contributed by atoms with Crippen LogP contribution in [0.3, 0.4) is 0 Å². The zero-order valence-corrected chi connectivity index (χ0v) is 17.2. The molecule has 1 N–H and O–H groups in total. The predicted octanol–water partition coefficient (Wildman–Crippen LogP) is 3.34. The summed E-state index contributed by atoms with van der Waals surface area (Å²) in [5.41, 5.74) is 1.83. The molecule has 2 heterocycles. The van der Waals surface area contributed by atoms with Gasteiger partial charge in [-0.3, -0.25) is 4.79 Å². The molecule has 7 nitrogen and oxygen atoms in total. The number of hydrogen-bond donors (Lipinski definition) is 1. The van der Waals surface area contributed by atoms with Gasteiger partial charge in [-0.05, 0) is 77.2 Å². The van der Waals surface area contributed by atoms with Crippen molar-refractivity contribution in [3.63, 3.8) is 0 Å². The van der Waals surface area contributed by atoms with Crippen molar-refractivity contribution in [1.29, 1.82) is 0 Å². The third-order valence-electron chi connectivity index (χ3n) is 4.08. The number of fused-ring (bicyclic) bond motifs is 1. The molecule has 0 spiro atoms. The molecule has 2 aromatic heterocycles. The minimum absolute atomic E-state index is 0.161. The lowest BCUT2D eigenvalue weighted by atomic mass is 10.2. The van der Waals surface area contributed by atoms with E-state index in [0.29, 0.717) is 35.0 Å². The number of halogens is 2. The summed E-state index contributed by atoms with van der Waals surface area (Å²) in [5.74, 6) is 0.360. The van der Waals surface area contributed by atoms with Gasteiger partial charge in [-0.2, -0.15) is 4.52 Å². The van der Waals surface area contributed by atoms with E-state index < -0.39 is 0 Å². The first kappa shape index (κ1) is 19.2. The minimum Gasteiger partial charge on any atom is -0.475 e. The number of hydrogen-bond acceptors (Lipinski definition) is 5. The molecule has 0 unspecified atom stereocenters. The number of rotatable bonds is 6. The summed E-state index contributed by atoms with van der Waals surface area (Å²) in [5, 5.41) is 15.4. The quantitative estimate of drug-likeness (QED) is 0.323. The van der Waals surface area contributed by atoms with Crippen molar-refractivity contribution in [2.75, 3.05) is 13.2 Å². The molecule has 1 amide bonds. The molecule has 146 valence electrons. The molecule has 0 fully saturated rings. The van der Waals surface area contributed by atoms with Crippen LogP contribution in [-0.4, -0.2) is 38.9 Å². The Balaban J connectivity index is 1.39. The van der Waals surface area contributed by atoms with Crippen molar-refractivity contribution in [3.05, 3.63) is 75.6 Å². The van der Waals surface area contributed by atoms with Crippen molar-refractivity contribution in [3.8, 4) is 17.3 Å². The van der Waals surface area contributed by atoms with Crippen LogP contribution in [0, 0.1) is 9.39 Å². The molecule has 0 aliphatic heterocycles. The van der Waals surface area contributed by atoms with Crippen molar-refractivity contribution in [1.82, 2.24) is 25.1 Å². The Hall–Kier alpha value is -3.08. The van der Waals surface area contributed by atoms with Gasteiger partial charge in [0.2, 0.25) is 5.88 Å². The highest BCUT2D eigenvalue weighted by Crippen LogP contribution is 2.19. The lowest BCUT2D eigenvalue weighted by Gasteiger charge is -2.08. The normalized spacial score (nSPS) is 10.8. The zero-order valence-electron chi connectivity index (χ0n) is 15.0. The average Bonchev–Trinajstić information content (AvgIpc) is 3.15. The number of benzene rings is 2. The van der Waals surface area contributed by atoms with Crippen molar-refractivity contribution in [2.24, 2.45) is 0 Å². The van der Waals surface area contributed by atoms with Crippen LogP contribution in [0.1, 0.15) is 10.4 Å². The van der Waals surface area contributed by atoms with Crippen LogP contribution in [0.4, 0.5) is 4.39 Å². The topological polar surface area (TPSA) is 81.4 Å². The van der Waals surface area contributed by atoms with Gasteiger partial charge in [0.15, 0.2) is 11.5 Å². The van der Waals surface area contributed by atoms with Gasteiger partial charge in [-0.1, -0.05) is 0 Å². The first-order chi connectivity index (χ1) is 14.1. The number of carbonyl (C=O) groups excluding carboxylic acids is 1. The van der Waals surface area contributed by atoms with Crippen molar-refractivity contribution in [2.45, 2.75) is 0 Å². The van der Waals surface area contributed by atoms with E-state index in [9.17, 15) is 9.18 Å². The van der Waals surface area contributed by atoms with Crippen LogP contribution >= 0.6 is 22.6 Å². The third kappa shape index (κ3) is 4.50. The summed E-state index contributed by atoms with van der Waals surface area (Å²) in [4.78, 5) is 12.1. The zero-order chi connectivity index (χ0) is 20.2. The van der Waals surface area contributed by atoms with Gasteiger partial charge >= 0.3 is 0 Å². The summed E-state index contributed by atoms with van der Waals surface area (Å²) >= 11 is 2.19. The molecule has 0 aliphatic rings. The summed E-state index contributed by atoms with van der Waals surface area (Å²) in [7, 11) is 0. The summed E-state index contributed by atoms with van der Waals surface area (Å²) in [6.45, 7) is 0.583. The Bertz CT molecular complexity index is 1150. The molecule has 0 atom stereocenters. The number of ether oxygens (including phenoxy) is 1. The van der Waals surface area contributed by atoms with E-state index in [2.05, 4.69) is 43.2 Å². The highest BCUT2D eigenvalue weighted by molar-refractivity contribution is 14.1. The molecule has 0 saturated carbocycles. The summed E-state index contributed by atoms with van der Waals surface area (Å²) in [6, 6.07) is 16.6. The molecule has 0 aliphatic carbocycles. The predicted molar refractivity (Wildman–Crippen MR) is 113 cm³/mol. The van der Waals surface area contributed by atoms with E-state index in [1.165, 1.54) is 16.6 Å². The molecule has 0 bridgehead atoms. The number of aromatic nitrogens is 4. The average molecular weight is 503 g/mol. The maximum absolute atomic E-state index is 13.2. The number of carbonyl (C=O) groups is 1. The lowest BCUT2D eigenvalue weighted by molar-refractivity contribution is 0.0946. The monoisotopic (exact) mass is 503 g/mol. The second-order valence-electron chi connectivity index (χ2n) is 6.08. The SMILES string of the molecule is O=C(NCCOc1ccc2nnc(-c3ccc(F)cc3)n2n1)c1ccc(I)cc1. The van der Waals surface area contributed by atoms with Gasteiger partial charge in [0.05, 0.1) is 6.54 Å². The molecule has 4 aromatic rings. The van der Waals surface area contributed by atoms with E-state index in [-0.39, 0.29) is 18.3 Å². The molecular weight excluding hydrogens is 488 g/mol. The van der Waals surface area contributed by atoms with Gasteiger partial charge in [0.25, 0.3) is 5.91 Å². The second kappa shape index (κ2) is 8.52. The number of nitrogens with one attached hydrogen (secondary N) is 1. The van der Waals surface area contributed by atoms with E-state index in [4.69, 9.17) is 4.74 Å². The fourth-order valence-electron chi connectivity index (χ4n) is 2.65. The second-order valence-corrected chi connectivity index (χ2v) is 7.33. The van der Waals surface area contributed by atoms with Crippen LogP contribution in [0.25, 0.3) is 17.0 Å². The summed E-state index contributed by atoms with van der Waals surface area (Å²) in [6.07, 6.45) is 0. The van der Waals surface area contributed by atoms with Crippen LogP contribution < -0.4 is 10.1 Å². The standard InChI is InChI=1S/C20H15FIN5O2/c21-15-5-1-13(2-6-15)19-25-24-17-9-10-18(26-27(17)19)29-12-11-23-20(28)14-3-7-16(22)8-4-14/h1-10H,11-12H2,(H,23,28). The van der Waals surface area contributed by atoms with Gasteiger partial charge in [-0.25, -0.2) is 4.39 Å². The minimum atomic E-state index is -0.327. The third-order valence-corrected chi connectivity index (χ3v) is 4.80. The van der Waals surface area contributed by atoms with Gasteiger partial charge in [-0.15, -0.1) is 15.3 Å². The van der Waals surface area contributed by atoms with Gasteiger partial charge in [0, 0.05) is 20.8 Å². The first-order valence-electron chi connectivity index (χ1n) is 8.75. The van der Waals surface area contributed by atoms with E-state index in [1.54, 1.807) is 36.4 Å². The van der Waals surface area contributed by atoms with Gasteiger partial charge < -0.3 is 10.1 Å². The lowest BCUT2D eigenvalue weighted by Crippen LogP contribution is -2.28. The first-order valence-corrected chi connectivity index (χ1v) is 9.83. The number of amides is 1. The summed E-state index contributed by atoms with van der Waals surface area (Å²) < 4.78 is 21.4. The Morgan fingerprint density at radius 3 is 2.55 bits per heavy atom. The molecule has 0 radical (unpaired) electrons. The smallest absolute Gasteiger partial charge is 0.251 e. The Labute approximate surface area is 179 Å². The molecular formula is C20H15FIN5O2. The largest absolute Gasteiger partial charge is 0.475 e. The maximum atomic E-state index is 13.2. The molecule has 4 rings (SSSR count). The van der Waals surface area contributed by atoms with Crippen molar-refractivity contribution < 1.29 is 13.9 Å². The van der Waals surface area contributed by atoms with Crippen LogP contribution in [0.5, 0.6) is 5.88 Å². The van der Waals surface area contributed by atoms with Crippen LogP contribution in [-0.2, 0) is 0 Å². The molecule has 2 aromatic carbocycles. The molecule has 9 heteroatoms. The maximum Gasteiger partial charge on any atom is 0.251 e. The fraction of sp³-hybridized carbons (Fsp3) is 0.100. The number of nitrogens with zero attached hydrogens (tertiary/aromatic N) is 4. The van der Waals surface area contributed by atoms with E-state index in [0.717, 1.165) is 3.57 Å². The van der Waals surface area contributed by atoms with Crippen LogP contribution in [0.2, 0.25) is 0 Å². The molecule has 29 heavy (non-hydrogen) atoms. The fourth-order valence-corrected chi connectivity index (χ4v) is 3.01. The van der Waals surface area contributed by atoms with E-state index >= 15 is 0 Å². The Morgan fingerprint density at radius 1 is 1.03 bits per heavy atom. The highest BCUT2D eigenvalue weighted by atomic mass is 127.